The molecule has 2 aromatic rings. The summed E-state index contributed by atoms with van der Waals surface area (Å²) in [5.41, 5.74) is 1.56. The van der Waals surface area contributed by atoms with Crippen LogP contribution < -0.4 is 4.72 Å². The summed E-state index contributed by atoms with van der Waals surface area (Å²) in [7, 11) is -2.01. The first kappa shape index (κ1) is 15.9. The fourth-order valence-electron chi connectivity index (χ4n) is 2.04. The molecular formula is C13H15ClFN3O2S. The highest BCUT2D eigenvalue weighted by atomic mass is 35.5. The number of halogens is 2. The summed E-state index contributed by atoms with van der Waals surface area (Å²) in [4.78, 5) is 0.165. The SMILES string of the molecule is Cc1nn(C)c(C)c1S(=O)(=O)NCc1ccc(F)c(Cl)c1. The molecule has 0 bridgehead atoms. The molecule has 0 amide bonds. The largest absolute Gasteiger partial charge is 0.271 e. The van der Waals surface area contributed by atoms with Crippen LogP contribution in [0.1, 0.15) is 17.0 Å². The van der Waals surface area contributed by atoms with Crippen molar-refractivity contribution in [2.24, 2.45) is 7.05 Å². The lowest BCUT2D eigenvalue weighted by atomic mass is 10.2. The van der Waals surface area contributed by atoms with E-state index in [1.165, 1.54) is 22.9 Å². The fourth-order valence-corrected chi connectivity index (χ4v) is 3.70. The molecule has 8 heteroatoms. The molecule has 2 rings (SSSR count). The highest BCUT2D eigenvalue weighted by molar-refractivity contribution is 7.89. The Labute approximate surface area is 127 Å². The van der Waals surface area contributed by atoms with Gasteiger partial charge >= 0.3 is 0 Å². The topological polar surface area (TPSA) is 64.0 Å². The fraction of sp³-hybridized carbons (Fsp3) is 0.308. The lowest BCUT2D eigenvalue weighted by molar-refractivity contribution is 0.579. The molecule has 1 aromatic heterocycles. The number of hydrogen-bond acceptors (Lipinski definition) is 3. The Hall–Kier alpha value is -1.44. The number of nitrogens with one attached hydrogen (secondary N) is 1. The van der Waals surface area contributed by atoms with Crippen molar-refractivity contribution >= 4 is 21.6 Å². The quantitative estimate of drug-likeness (QED) is 0.935. The van der Waals surface area contributed by atoms with E-state index in [1.807, 2.05) is 0 Å². The monoisotopic (exact) mass is 331 g/mol. The number of hydrogen-bond donors (Lipinski definition) is 1. The molecule has 114 valence electrons. The molecule has 0 saturated carbocycles. The van der Waals surface area contributed by atoms with Gasteiger partial charge in [0.25, 0.3) is 0 Å². The number of aromatic nitrogens is 2. The van der Waals surface area contributed by atoms with Crippen molar-refractivity contribution in [3.63, 3.8) is 0 Å². The minimum absolute atomic E-state index is 0.0239. The van der Waals surface area contributed by atoms with Crippen LogP contribution in [0, 0.1) is 19.7 Å². The smallest absolute Gasteiger partial charge is 0.244 e. The van der Waals surface area contributed by atoms with Crippen LogP contribution >= 0.6 is 11.6 Å². The first-order valence-corrected chi connectivity index (χ1v) is 8.02. The van der Waals surface area contributed by atoms with Gasteiger partial charge in [0.1, 0.15) is 10.7 Å². The molecule has 1 aromatic carbocycles. The van der Waals surface area contributed by atoms with E-state index < -0.39 is 15.8 Å². The molecule has 0 aliphatic rings. The van der Waals surface area contributed by atoms with Gasteiger partial charge in [-0.15, -0.1) is 0 Å². The van der Waals surface area contributed by atoms with E-state index in [0.717, 1.165) is 0 Å². The molecule has 0 radical (unpaired) electrons. The van der Waals surface area contributed by atoms with Crippen molar-refractivity contribution in [3.8, 4) is 0 Å². The van der Waals surface area contributed by atoms with E-state index in [2.05, 4.69) is 9.82 Å². The van der Waals surface area contributed by atoms with Crippen molar-refractivity contribution < 1.29 is 12.8 Å². The Kier molecular flexibility index (Phi) is 4.36. The van der Waals surface area contributed by atoms with E-state index >= 15 is 0 Å². The number of sulfonamides is 1. The molecule has 0 fully saturated rings. The maximum absolute atomic E-state index is 13.1. The molecule has 1 N–H and O–H groups in total. The van der Waals surface area contributed by atoms with E-state index in [-0.39, 0.29) is 16.5 Å². The van der Waals surface area contributed by atoms with Gasteiger partial charge in [0.2, 0.25) is 10.0 Å². The molecule has 0 spiro atoms. The van der Waals surface area contributed by atoms with E-state index in [9.17, 15) is 12.8 Å². The van der Waals surface area contributed by atoms with E-state index in [1.54, 1.807) is 20.9 Å². The second-order valence-corrected chi connectivity index (χ2v) is 6.81. The molecule has 1 heterocycles. The Bertz CT molecular complexity index is 787. The Balaban J connectivity index is 2.24. The van der Waals surface area contributed by atoms with Gasteiger partial charge in [-0.05, 0) is 31.5 Å². The van der Waals surface area contributed by atoms with E-state index in [4.69, 9.17) is 11.6 Å². The van der Waals surface area contributed by atoms with E-state index in [0.29, 0.717) is 17.0 Å². The maximum Gasteiger partial charge on any atom is 0.244 e. The van der Waals surface area contributed by atoms with Crippen molar-refractivity contribution in [3.05, 3.63) is 46.0 Å². The van der Waals surface area contributed by atoms with Crippen molar-refractivity contribution in [2.75, 3.05) is 0 Å². The summed E-state index contributed by atoms with van der Waals surface area (Å²) in [6.07, 6.45) is 0. The van der Waals surface area contributed by atoms with Gasteiger partial charge in [-0.1, -0.05) is 17.7 Å². The summed E-state index contributed by atoms with van der Waals surface area (Å²) >= 11 is 5.67. The average molecular weight is 332 g/mol. The van der Waals surface area contributed by atoms with Crippen LogP contribution in [0.25, 0.3) is 0 Å². The number of benzene rings is 1. The van der Waals surface area contributed by atoms with Crippen molar-refractivity contribution in [1.82, 2.24) is 14.5 Å². The Morgan fingerprint density at radius 1 is 1.38 bits per heavy atom. The first-order valence-electron chi connectivity index (χ1n) is 6.16. The third-order valence-electron chi connectivity index (χ3n) is 3.16. The summed E-state index contributed by atoms with van der Waals surface area (Å²) in [6, 6.07) is 4.07. The second kappa shape index (κ2) is 5.75. The lowest BCUT2D eigenvalue weighted by Crippen LogP contribution is -2.24. The predicted octanol–water partition coefficient (Wildman–Crippen LogP) is 2.31. The molecular weight excluding hydrogens is 317 g/mol. The van der Waals surface area contributed by atoms with Gasteiger partial charge in [0, 0.05) is 13.6 Å². The molecule has 5 nitrogen and oxygen atoms in total. The minimum atomic E-state index is -3.69. The molecule has 0 saturated heterocycles. The summed E-state index contributed by atoms with van der Waals surface area (Å²) in [5.74, 6) is -0.540. The van der Waals surface area contributed by atoms with Gasteiger partial charge in [-0.25, -0.2) is 17.5 Å². The van der Waals surface area contributed by atoms with Crippen LogP contribution in [0.5, 0.6) is 0 Å². The summed E-state index contributed by atoms with van der Waals surface area (Å²) in [5, 5.41) is 4.04. The Morgan fingerprint density at radius 2 is 2.05 bits per heavy atom. The van der Waals surface area contributed by atoms with Crippen LogP contribution in [-0.2, 0) is 23.6 Å². The molecule has 21 heavy (non-hydrogen) atoms. The average Bonchev–Trinajstić information content (AvgIpc) is 2.65. The van der Waals surface area contributed by atoms with Gasteiger partial charge in [0.15, 0.2) is 0 Å². The van der Waals surface area contributed by atoms with Crippen LogP contribution in [0.4, 0.5) is 4.39 Å². The first-order chi connectivity index (χ1) is 9.72. The number of nitrogens with zero attached hydrogens (tertiary/aromatic N) is 2. The van der Waals surface area contributed by atoms with Gasteiger partial charge in [-0.2, -0.15) is 5.10 Å². The maximum atomic E-state index is 13.1. The van der Waals surface area contributed by atoms with Crippen LogP contribution in [0.2, 0.25) is 5.02 Å². The zero-order valence-corrected chi connectivity index (χ0v) is 13.4. The molecule has 0 atom stereocenters. The lowest BCUT2D eigenvalue weighted by Gasteiger charge is -2.08. The molecule has 0 unspecified atom stereocenters. The summed E-state index contributed by atoms with van der Waals surface area (Å²) in [6.45, 7) is 3.34. The minimum Gasteiger partial charge on any atom is -0.271 e. The third kappa shape index (κ3) is 3.25. The van der Waals surface area contributed by atoms with Gasteiger partial charge in [0.05, 0.1) is 16.4 Å². The molecule has 0 aliphatic heterocycles. The van der Waals surface area contributed by atoms with Gasteiger partial charge < -0.3 is 0 Å². The number of rotatable bonds is 4. The van der Waals surface area contributed by atoms with Crippen LogP contribution in [-0.4, -0.2) is 18.2 Å². The Morgan fingerprint density at radius 3 is 2.57 bits per heavy atom. The molecule has 0 aliphatic carbocycles. The van der Waals surface area contributed by atoms with Crippen molar-refractivity contribution in [1.29, 1.82) is 0 Å². The predicted molar refractivity (Wildman–Crippen MR) is 78.1 cm³/mol. The normalized spacial score (nSPS) is 11.9. The number of aryl methyl sites for hydroxylation is 2. The van der Waals surface area contributed by atoms with Crippen LogP contribution in [0.15, 0.2) is 23.1 Å². The van der Waals surface area contributed by atoms with Gasteiger partial charge in [-0.3, -0.25) is 4.68 Å². The standard InChI is InChI=1S/C13H15ClFN3O2S/c1-8-13(9(2)18(3)17-8)21(19,20)16-7-10-4-5-12(15)11(14)6-10/h4-6,16H,7H2,1-3H3. The van der Waals surface area contributed by atoms with Crippen molar-refractivity contribution in [2.45, 2.75) is 25.3 Å². The highest BCUT2D eigenvalue weighted by Gasteiger charge is 2.23. The third-order valence-corrected chi connectivity index (χ3v) is 5.10. The zero-order valence-electron chi connectivity index (χ0n) is 11.8. The van der Waals surface area contributed by atoms with Crippen LogP contribution in [0.3, 0.4) is 0 Å². The summed E-state index contributed by atoms with van der Waals surface area (Å²) < 4.78 is 41.7. The second-order valence-electron chi connectivity index (χ2n) is 4.70. The zero-order chi connectivity index (χ0) is 15.8. The highest BCUT2D eigenvalue weighted by Crippen LogP contribution is 2.20.